The summed E-state index contributed by atoms with van der Waals surface area (Å²) >= 11 is 0. The predicted molar refractivity (Wildman–Crippen MR) is 87.1 cm³/mol. The van der Waals surface area contributed by atoms with Gasteiger partial charge in [-0.05, 0) is 25.1 Å². The summed E-state index contributed by atoms with van der Waals surface area (Å²) in [6.07, 6.45) is 0.431. The second kappa shape index (κ2) is 6.29. The van der Waals surface area contributed by atoms with Crippen LogP contribution in [0.5, 0.6) is 0 Å². The molecule has 0 heterocycles. The van der Waals surface area contributed by atoms with Gasteiger partial charge in [0.2, 0.25) is 5.91 Å². The van der Waals surface area contributed by atoms with Gasteiger partial charge in [0, 0.05) is 24.1 Å². The molecule has 0 spiro atoms. The lowest BCUT2D eigenvalue weighted by Crippen LogP contribution is -2.74. The van der Waals surface area contributed by atoms with Gasteiger partial charge in [-0.1, -0.05) is 19.9 Å². The molecular weight excluding hydrogens is 296 g/mol. The van der Waals surface area contributed by atoms with Crippen molar-refractivity contribution in [3.05, 3.63) is 29.8 Å². The minimum absolute atomic E-state index is 0.0374. The number of hydrogen-bond acceptors (Lipinski definition) is 5. The normalized spacial score (nSPS) is 25.3. The van der Waals surface area contributed by atoms with Gasteiger partial charge < -0.3 is 20.5 Å². The van der Waals surface area contributed by atoms with Crippen molar-refractivity contribution in [3.63, 3.8) is 0 Å². The molecule has 0 radical (unpaired) electrons. The van der Waals surface area contributed by atoms with Crippen LogP contribution in [0, 0.1) is 5.41 Å². The van der Waals surface area contributed by atoms with E-state index in [1.165, 1.54) is 7.11 Å². The number of amides is 1. The Labute approximate surface area is 136 Å². The Morgan fingerprint density at radius 3 is 2.65 bits per heavy atom. The van der Waals surface area contributed by atoms with Crippen molar-refractivity contribution in [1.82, 2.24) is 0 Å². The van der Waals surface area contributed by atoms with E-state index in [-0.39, 0.29) is 12.0 Å². The lowest BCUT2D eigenvalue weighted by Gasteiger charge is -2.57. The van der Waals surface area contributed by atoms with Gasteiger partial charge in [0.05, 0.1) is 18.8 Å². The second-order valence-corrected chi connectivity index (χ2v) is 6.37. The third-order valence-corrected chi connectivity index (χ3v) is 4.78. The SMILES string of the molecule is CCOC1CC(N)(C(=O)Nc2cccc(C(=O)OC)c2)C1(C)C. The highest BCUT2D eigenvalue weighted by Crippen LogP contribution is 2.50. The van der Waals surface area contributed by atoms with Crippen LogP contribution >= 0.6 is 0 Å². The zero-order valence-corrected chi connectivity index (χ0v) is 14.0. The molecule has 2 unspecified atom stereocenters. The van der Waals surface area contributed by atoms with Crippen molar-refractivity contribution in [1.29, 1.82) is 0 Å². The summed E-state index contributed by atoms with van der Waals surface area (Å²) in [5, 5.41) is 2.79. The third kappa shape index (κ3) is 2.96. The number of benzene rings is 1. The summed E-state index contributed by atoms with van der Waals surface area (Å²) in [4.78, 5) is 24.2. The van der Waals surface area contributed by atoms with Gasteiger partial charge in [0.25, 0.3) is 0 Å². The van der Waals surface area contributed by atoms with E-state index >= 15 is 0 Å². The molecule has 1 aromatic rings. The van der Waals surface area contributed by atoms with Crippen LogP contribution in [-0.4, -0.2) is 37.2 Å². The molecule has 3 N–H and O–H groups in total. The molecule has 1 aromatic carbocycles. The van der Waals surface area contributed by atoms with Crippen LogP contribution in [0.2, 0.25) is 0 Å². The van der Waals surface area contributed by atoms with Gasteiger partial charge in [-0.15, -0.1) is 0 Å². The van der Waals surface area contributed by atoms with Gasteiger partial charge in [-0.2, -0.15) is 0 Å². The van der Waals surface area contributed by atoms with Crippen LogP contribution in [0.1, 0.15) is 37.6 Å². The molecule has 0 saturated heterocycles. The largest absolute Gasteiger partial charge is 0.465 e. The first-order valence-corrected chi connectivity index (χ1v) is 7.66. The molecule has 6 heteroatoms. The van der Waals surface area contributed by atoms with Gasteiger partial charge >= 0.3 is 5.97 Å². The number of carbonyl (C=O) groups excluding carboxylic acids is 2. The Balaban J connectivity index is 2.12. The highest BCUT2D eigenvalue weighted by Gasteiger charge is 2.62. The molecule has 1 saturated carbocycles. The van der Waals surface area contributed by atoms with Crippen LogP contribution in [0.4, 0.5) is 5.69 Å². The van der Waals surface area contributed by atoms with Crippen LogP contribution in [0.25, 0.3) is 0 Å². The maximum absolute atomic E-state index is 12.6. The van der Waals surface area contributed by atoms with Gasteiger partial charge in [0.1, 0.15) is 5.54 Å². The smallest absolute Gasteiger partial charge is 0.337 e. The Morgan fingerprint density at radius 1 is 1.39 bits per heavy atom. The Hall–Kier alpha value is -1.92. The highest BCUT2D eigenvalue weighted by molar-refractivity contribution is 6.00. The lowest BCUT2D eigenvalue weighted by atomic mass is 9.54. The maximum Gasteiger partial charge on any atom is 0.337 e. The van der Waals surface area contributed by atoms with Crippen LogP contribution in [-0.2, 0) is 14.3 Å². The lowest BCUT2D eigenvalue weighted by molar-refractivity contribution is -0.166. The first-order chi connectivity index (χ1) is 10.8. The molecule has 1 amide bonds. The van der Waals surface area contributed by atoms with Gasteiger partial charge in [-0.3, -0.25) is 4.79 Å². The average Bonchev–Trinajstić information content (AvgIpc) is 2.53. The molecule has 0 aliphatic heterocycles. The number of esters is 1. The molecule has 6 nitrogen and oxygen atoms in total. The number of methoxy groups -OCH3 is 1. The van der Waals surface area contributed by atoms with E-state index < -0.39 is 16.9 Å². The number of rotatable bonds is 5. The molecule has 0 aromatic heterocycles. The second-order valence-electron chi connectivity index (χ2n) is 6.37. The molecule has 2 atom stereocenters. The van der Waals surface area contributed by atoms with Crippen LogP contribution in [0.3, 0.4) is 0 Å². The molecule has 23 heavy (non-hydrogen) atoms. The van der Waals surface area contributed by atoms with E-state index in [9.17, 15) is 9.59 Å². The monoisotopic (exact) mass is 320 g/mol. The van der Waals surface area contributed by atoms with Crippen molar-refractivity contribution >= 4 is 17.6 Å². The Kier molecular flexibility index (Phi) is 4.77. The van der Waals surface area contributed by atoms with Crippen LogP contribution < -0.4 is 11.1 Å². The van der Waals surface area contributed by atoms with E-state index in [0.717, 1.165) is 0 Å². The summed E-state index contributed by atoms with van der Waals surface area (Å²) in [7, 11) is 1.31. The highest BCUT2D eigenvalue weighted by atomic mass is 16.5. The van der Waals surface area contributed by atoms with Crippen molar-refractivity contribution in [3.8, 4) is 0 Å². The maximum atomic E-state index is 12.6. The fourth-order valence-electron chi connectivity index (χ4n) is 2.90. The summed E-state index contributed by atoms with van der Waals surface area (Å²) < 4.78 is 10.3. The van der Waals surface area contributed by atoms with E-state index in [2.05, 4.69) is 10.1 Å². The van der Waals surface area contributed by atoms with Crippen molar-refractivity contribution < 1.29 is 19.1 Å². The molecule has 1 aliphatic carbocycles. The van der Waals surface area contributed by atoms with Crippen molar-refractivity contribution in [2.75, 3.05) is 19.0 Å². The minimum atomic E-state index is -1.01. The number of carbonyl (C=O) groups is 2. The zero-order valence-electron chi connectivity index (χ0n) is 14.0. The fourth-order valence-corrected chi connectivity index (χ4v) is 2.90. The Bertz CT molecular complexity index is 614. The minimum Gasteiger partial charge on any atom is -0.465 e. The molecule has 0 bridgehead atoms. The summed E-state index contributed by atoms with van der Waals surface area (Å²) in [6.45, 7) is 6.38. The molecule has 1 aliphatic rings. The number of nitrogens with one attached hydrogen (secondary N) is 1. The fraction of sp³-hybridized carbons (Fsp3) is 0.529. The molecule has 126 valence electrons. The Morgan fingerprint density at radius 2 is 2.09 bits per heavy atom. The van der Waals surface area contributed by atoms with Crippen LogP contribution in [0.15, 0.2) is 24.3 Å². The van der Waals surface area contributed by atoms with Crippen molar-refractivity contribution in [2.45, 2.75) is 38.8 Å². The summed E-state index contributed by atoms with van der Waals surface area (Å²) in [5.74, 6) is -0.732. The summed E-state index contributed by atoms with van der Waals surface area (Å²) in [6, 6.07) is 6.58. The number of anilines is 1. The predicted octanol–water partition coefficient (Wildman–Crippen LogP) is 1.94. The molecule has 2 rings (SSSR count). The van der Waals surface area contributed by atoms with E-state index in [1.807, 2.05) is 20.8 Å². The standard InChI is InChI=1S/C17H24N2O4/c1-5-23-13-10-17(18,16(13,2)3)15(21)19-12-8-6-7-11(9-12)14(20)22-4/h6-9,13H,5,10,18H2,1-4H3,(H,19,21). The average molecular weight is 320 g/mol. The number of hydrogen-bond donors (Lipinski definition) is 2. The van der Waals surface area contributed by atoms with E-state index in [1.54, 1.807) is 24.3 Å². The number of nitrogens with two attached hydrogens (primary N) is 1. The quantitative estimate of drug-likeness (QED) is 0.809. The first-order valence-electron chi connectivity index (χ1n) is 7.66. The zero-order chi connectivity index (χ0) is 17.3. The van der Waals surface area contributed by atoms with Gasteiger partial charge in [-0.25, -0.2) is 4.79 Å². The third-order valence-electron chi connectivity index (χ3n) is 4.78. The topological polar surface area (TPSA) is 90.6 Å². The van der Waals surface area contributed by atoms with E-state index in [0.29, 0.717) is 24.3 Å². The summed E-state index contributed by atoms with van der Waals surface area (Å²) in [5.41, 5.74) is 5.75. The number of ether oxygens (including phenoxy) is 2. The van der Waals surface area contributed by atoms with E-state index in [4.69, 9.17) is 10.5 Å². The van der Waals surface area contributed by atoms with Crippen molar-refractivity contribution in [2.24, 2.45) is 11.1 Å². The molecule has 1 fully saturated rings. The van der Waals surface area contributed by atoms with Gasteiger partial charge in [0.15, 0.2) is 0 Å². The molecular formula is C17H24N2O4. The first kappa shape index (κ1) is 17.4.